The summed E-state index contributed by atoms with van der Waals surface area (Å²) in [6.07, 6.45) is -13.3. The fourth-order valence-electron chi connectivity index (χ4n) is 5.12. The van der Waals surface area contributed by atoms with E-state index < -0.39 is 102 Å². The van der Waals surface area contributed by atoms with Crippen molar-refractivity contribution in [3.8, 4) is 0 Å². The van der Waals surface area contributed by atoms with Crippen molar-refractivity contribution in [3.63, 3.8) is 0 Å². The Labute approximate surface area is 259 Å². The van der Waals surface area contributed by atoms with Crippen molar-refractivity contribution in [2.75, 3.05) is 18.9 Å². The molecule has 2 aromatic rings. The number of aliphatic hydroxyl groups excluding tert-OH is 4. The van der Waals surface area contributed by atoms with E-state index in [0.29, 0.717) is 5.65 Å². The van der Waals surface area contributed by atoms with Crippen LogP contribution < -0.4 is 5.73 Å². The molecule has 8 N–H and O–H groups in total. The lowest BCUT2D eigenvalue weighted by Gasteiger charge is -2.41. The second-order valence-electron chi connectivity index (χ2n) is 10.9. The molecule has 0 saturated carbocycles. The number of nitrogens with zero attached hydrogens (tertiary/aromatic N) is 4. The average molecular weight is 701 g/mol. The van der Waals surface area contributed by atoms with E-state index in [-0.39, 0.29) is 11.3 Å². The summed E-state index contributed by atoms with van der Waals surface area (Å²) in [5, 5.41) is 40.7. The van der Waals surface area contributed by atoms with Crippen LogP contribution in [0, 0.1) is 0 Å². The number of rotatable bonds is 11. The van der Waals surface area contributed by atoms with Crippen molar-refractivity contribution < 1.29 is 81.2 Å². The van der Waals surface area contributed by atoms with Gasteiger partial charge in [-0.25, -0.2) is 24.1 Å². The largest absolute Gasteiger partial charge is 0.483 e. The van der Waals surface area contributed by atoms with Crippen LogP contribution in [0.2, 0.25) is 0 Å². The molecule has 3 aliphatic rings. The molecule has 0 spiro atoms. The Kier molecular flexibility index (Phi) is 9.91. The predicted octanol–water partition coefficient (Wildman–Crippen LogP) is -2.19. The second-order valence-corrected chi connectivity index (χ2v) is 13.9. The molecule has 3 aliphatic heterocycles. The molecular formula is C22H33N5O17P2. The maximum atomic E-state index is 12.7. The Balaban J connectivity index is 1.24. The summed E-state index contributed by atoms with van der Waals surface area (Å²) >= 11 is 0. The van der Waals surface area contributed by atoms with Crippen molar-refractivity contribution in [2.45, 2.75) is 87.9 Å². The van der Waals surface area contributed by atoms with E-state index in [9.17, 15) is 44.1 Å². The van der Waals surface area contributed by atoms with Gasteiger partial charge in [0.2, 0.25) is 0 Å². The Morgan fingerprint density at radius 2 is 1.76 bits per heavy atom. The number of imidazole rings is 1. The smallest absolute Gasteiger partial charge is 0.463 e. The van der Waals surface area contributed by atoms with Gasteiger partial charge in [0.25, 0.3) is 0 Å². The van der Waals surface area contributed by atoms with Crippen molar-refractivity contribution in [3.05, 3.63) is 12.7 Å². The molecule has 0 aromatic carbocycles. The lowest BCUT2D eigenvalue weighted by Crippen LogP contribution is -2.61. The van der Waals surface area contributed by atoms with Gasteiger partial charge in [-0.2, -0.15) is 4.31 Å². The zero-order chi connectivity index (χ0) is 33.8. The van der Waals surface area contributed by atoms with Crippen molar-refractivity contribution in [1.29, 1.82) is 0 Å². The van der Waals surface area contributed by atoms with E-state index in [2.05, 4.69) is 28.5 Å². The minimum absolute atomic E-state index is 0.113. The number of carbonyl (C=O) groups is 1. The van der Waals surface area contributed by atoms with Gasteiger partial charge in [0, 0.05) is 6.92 Å². The Morgan fingerprint density at radius 3 is 2.46 bits per heavy atom. The number of aromatic nitrogens is 4. The molecule has 46 heavy (non-hydrogen) atoms. The zero-order valence-corrected chi connectivity index (χ0v) is 26.1. The number of anilines is 1. The molecule has 22 nitrogen and oxygen atoms in total. The Bertz CT molecular complexity index is 1530. The van der Waals surface area contributed by atoms with Gasteiger partial charge in [-0.15, -0.1) is 0 Å². The second kappa shape index (κ2) is 13.0. The first-order chi connectivity index (χ1) is 21.4. The van der Waals surface area contributed by atoms with Gasteiger partial charge < -0.3 is 59.6 Å². The quantitative estimate of drug-likeness (QED) is 0.0966. The number of hydrogen-bond donors (Lipinski definition) is 7. The first-order valence-electron chi connectivity index (χ1n) is 13.5. The first kappa shape index (κ1) is 35.1. The molecular weight excluding hydrogens is 668 g/mol. The highest BCUT2D eigenvalue weighted by Gasteiger charge is 2.57. The molecule has 3 fully saturated rings. The van der Waals surface area contributed by atoms with Crippen LogP contribution in [0.5, 0.6) is 0 Å². The van der Waals surface area contributed by atoms with Crippen LogP contribution in [0.15, 0.2) is 12.7 Å². The number of ether oxygens (including phenoxy) is 5. The number of nitrogen functional groups attached to an aromatic ring is 1. The van der Waals surface area contributed by atoms with E-state index >= 15 is 0 Å². The molecule has 0 bridgehead atoms. The number of phosphoric acid groups is 2. The zero-order valence-electron chi connectivity index (χ0n) is 24.3. The lowest BCUT2D eigenvalue weighted by molar-refractivity contribution is -0.293. The Morgan fingerprint density at radius 1 is 1.07 bits per heavy atom. The lowest BCUT2D eigenvalue weighted by atomic mass is 9.96. The highest BCUT2D eigenvalue weighted by molar-refractivity contribution is 7.61. The number of aliphatic hydroxyl groups is 4. The number of hydrogen-bond acceptors (Lipinski definition) is 19. The standard InChI is InChI=1S/C22H33N5O17P2/c1-8(28)37-4-9(29)15-13(31)12(30)14(32)21(40-15)43-46(35,36)44-45(33,34)38-5-10-16-17(42-22(2,3)41-16)20(39-10)27-7-26-11-18(23)24-6-25-19(11)27/h6-7,9-10,12-17,20-21,29-32H,4-5H2,1-3H3,(H,33,34)(H,35,36)(H2,23,24,25)/t9-,10-,12?,13+,14?,15?,16?,17?,20-,21+/m1/s1. The molecule has 0 aliphatic carbocycles. The fourth-order valence-corrected chi connectivity index (χ4v) is 7.28. The summed E-state index contributed by atoms with van der Waals surface area (Å²) < 4.78 is 68.4. The summed E-state index contributed by atoms with van der Waals surface area (Å²) in [7, 11) is -11.1. The number of carbonyl (C=O) groups excluding carboxylic acids is 1. The van der Waals surface area contributed by atoms with Crippen LogP contribution in [0.3, 0.4) is 0 Å². The maximum absolute atomic E-state index is 12.7. The third-order valence-corrected chi connectivity index (χ3v) is 9.68. The topological polar surface area (TPSA) is 316 Å². The van der Waals surface area contributed by atoms with E-state index in [1.807, 2.05) is 0 Å². The molecule has 7 unspecified atom stereocenters. The van der Waals surface area contributed by atoms with Gasteiger partial charge in [-0.1, -0.05) is 0 Å². The molecule has 0 radical (unpaired) electrons. The molecule has 12 atom stereocenters. The molecule has 5 rings (SSSR count). The summed E-state index contributed by atoms with van der Waals surface area (Å²) in [4.78, 5) is 43.7. The minimum Gasteiger partial charge on any atom is -0.463 e. The summed E-state index contributed by atoms with van der Waals surface area (Å²) in [6, 6.07) is 0. The van der Waals surface area contributed by atoms with Gasteiger partial charge in [-0.05, 0) is 13.8 Å². The molecule has 5 heterocycles. The summed E-state index contributed by atoms with van der Waals surface area (Å²) in [5.74, 6) is -1.80. The normalized spacial score (nSPS) is 35.7. The highest BCUT2D eigenvalue weighted by Crippen LogP contribution is 2.61. The third kappa shape index (κ3) is 7.41. The molecule has 2 aromatic heterocycles. The monoisotopic (exact) mass is 701 g/mol. The SMILES string of the molecule is CC(=O)OC[C@@H](O)C1O[C@@H](OP(=O)(O)OP(=O)(O)OC[C@H]2O[C@@H](n3cnc4c(N)ncnc43)C3OC(C)(C)OC32)C(O)C(O)[C@@H]1O. The predicted molar refractivity (Wildman–Crippen MR) is 145 cm³/mol. The maximum Gasteiger partial charge on any atom is 0.483 e. The first-order valence-corrected chi connectivity index (χ1v) is 16.5. The van der Waals surface area contributed by atoms with E-state index in [4.69, 9.17) is 29.2 Å². The van der Waals surface area contributed by atoms with Gasteiger partial charge in [0.15, 0.2) is 29.8 Å². The van der Waals surface area contributed by atoms with Crippen LogP contribution >= 0.6 is 15.6 Å². The van der Waals surface area contributed by atoms with Gasteiger partial charge in [0.05, 0.1) is 12.9 Å². The van der Waals surface area contributed by atoms with Gasteiger partial charge in [0.1, 0.15) is 67.3 Å². The van der Waals surface area contributed by atoms with Crippen molar-refractivity contribution in [2.24, 2.45) is 0 Å². The summed E-state index contributed by atoms with van der Waals surface area (Å²) in [6.45, 7) is 2.82. The highest BCUT2D eigenvalue weighted by atomic mass is 31.3. The fraction of sp³-hybridized carbons (Fsp3) is 0.727. The third-order valence-electron chi connectivity index (χ3n) is 7.08. The molecule has 24 heteroatoms. The van der Waals surface area contributed by atoms with Gasteiger partial charge in [-0.3, -0.25) is 18.4 Å². The van der Waals surface area contributed by atoms with Crippen LogP contribution in [0.25, 0.3) is 11.2 Å². The van der Waals surface area contributed by atoms with E-state index in [1.165, 1.54) is 17.2 Å². The molecule has 3 saturated heterocycles. The number of fused-ring (bicyclic) bond motifs is 2. The van der Waals surface area contributed by atoms with Gasteiger partial charge >= 0.3 is 21.6 Å². The molecule has 258 valence electrons. The number of phosphoric ester groups is 2. The number of esters is 1. The minimum atomic E-state index is -5.66. The van der Waals surface area contributed by atoms with Crippen LogP contribution in [-0.4, -0.2) is 130 Å². The van der Waals surface area contributed by atoms with Crippen LogP contribution in [-0.2, 0) is 51.0 Å². The summed E-state index contributed by atoms with van der Waals surface area (Å²) in [5.41, 5.74) is 6.45. The average Bonchev–Trinajstić information content (AvgIpc) is 3.61. The van der Waals surface area contributed by atoms with E-state index in [0.717, 1.165) is 6.92 Å². The van der Waals surface area contributed by atoms with Crippen LogP contribution in [0.4, 0.5) is 5.82 Å². The molecule has 0 amide bonds. The van der Waals surface area contributed by atoms with Crippen molar-refractivity contribution in [1.82, 2.24) is 19.5 Å². The van der Waals surface area contributed by atoms with E-state index in [1.54, 1.807) is 13.8 Å². The van der Waals surface area contributed by atoms with Crippen LogP contribution in [0.1, 0.15) is 27.0 Å². The number of nitrogens with two attached hydrogens (primary N) is 1. The van der Waals surface area contributed by atoms with Crippen molar-refractivity contribution >= 4 is 38.6 Å². The Hall–Kier alpha value is -2.24.